The summed E-state index contributed by atoms with van der Waals surface area (Å²) in [5, 5.41) is 4.16. The molecule has 1 unspecified atom stereocenters. The fraction of sp³-hybridized carbons (Fsp3) is 0.375. The van der Waals surface area contributed by atoms with Crippen LogP contribution in [0.5, 0.6) is 0 Å². The van der Waals surface area contributed by atoms with E-state index >= 15 is 0 Å². The first-order valence-corrected chi connectivity index (χ1v) is 10.2. The number of carbonyl (C=O) groups is 1. The predicted octanol–water partition coefficient (Wildman–Crippen LogP) is 4.54. The number of fused-ring (bicyclic) bond motifs is 2. The number of ether oxygens (including phenoxy) is 1. The molecule has 1 N–H and O–H groups in total. The maximum absolute atomic E-state index is 12.7. The molecule has 1 heterocycles. The van der Waals surface area contributed by atoms with Crippen molar-refractivity contribution in [3.05, 3.63) is 70.4 Å². The zero-order chi connectivity index (χ0) is 19.7. The molecule has 146 valence electrons. The summed E-state index contributed by atoms with van der Waals surface area (Å²) in [7, 11) is 3.94. The number of benzene rings is 2. The third-order valence-corrected chi connectivity index (χ3v) is 5.94. The lowest BCUT2D eigenvalue weighted by Gasteiger charge is -2.26. The number of aryl methyl sites for hydroxylation is 2. The van der Waals surface area contributed by atoms with E-state index < -0.39 is 0 Å². The number of aromatic nitrogens is 1. The Balaban J connectivity index is 1.84. The van der Waals surface area contributed by atoms with Crippen molar-refractivity contribution in [3.63, 3.8) is 0 Å². The van der Waals surface area contributed by atoms with Crippen LogP contribution >= 0.6 is 0 Å². The van der Waals surface area contributed by atoms with E-state index in [1.807, 2.05) is 21.0 Å². The standard InChI is InChI=1S/C24H28N2O2/c1-4-28-24(27)23-20-13-12-17(14-21(20)26(3)22(23)15-25-2)19-11-7-9-16-8-5-6-10-18(16)19/h5-6,8,10,12-14,19,25H,4,7,9,11,15H2,1-3H3. The second kappa shape index (κ2) is 7.80. The van der Waals surface area contributed by atoms with Crippen molar-refractivity contribution in [2.24, 2.45) is 7.05 Å². The minimum Gasteiger partial charge on any atom is -0.462 e. The molecule has 0 amide bonds. The molecule has 4 nitrogen and oxygen atoms in total. The van der Waals surface area contributed by atoms with Gasteiger partial charge in [0.2, 0.25) is 0 Å². The van der Waals surface area contributed by atoms with Gasteiger partial charge in [-0.25, -0.2) is 4.79 Å². The average Bonchev–Trinajstić information content (AvgIpc) is 2.99. The van der Waals surface area contributed by atoms with Crippen LogP contribution in [-0.4, -0.2) is 24.2 Å². The molecule has 1 aliphatic rings. The molecule has 3 aromatic rings. The lowest BCUT2D eigenvalue weighted by atomic mass is 9.79. The van der Waals surface area contributed by atoms with E-state index in [4.69, 9.17) is 4.74 Å². The SMILES string of the molecule is CCOC(=O)c1c(CNC)n(C)c2cc(C3CCCc4ccccc43)ccc12. The van der Waals surface area contributed by atoms with Crippen LogP contribution in [0.15, 0.2) is 42.5 Å². The van der Waals surface area contributed by atoms with Crippen molar-refractivity contribution in [2.45, 2.75) is 38.6 Å². The Morgan fingerprint density at radius 1 is 1.25 bits per heavy atom. The Labute approximate surface area is 166 Å². The molecule has 0 saturated heterocycles. The number of rotatable bonds is 5. The minimum absolute atomic E-state index is 0.242. The summed E-state index contributed by atoms with van der Waals surface area (Å²) < 4.78 is 7.48. The molecule has 2 aromatic carbocycles. The third kappa shape index (κ3) is 3.12. The molecule has 0 spiro atoms. The van der Waals surface area contributed by atoms with Crippen molar-refractivity contribution >= 4 is 16.9 Å². The van der Waals surface area contributed by atoms with Gasteiger partial charge in [-0.15, -0.1) is 0 Å². The quantitative estimate of drug-likeness (QED) is 0.665. The van der Waals surface area contributed by atoms with Crippen LogP contribution in [0.3, 0.4) is 0 Å². The van der Waals surface area contributed by atoms with Crippen LogP contribution in [0.1, 0.15) is 58.4 Å². The molecular weight excluding hydrogens is 348 g/mol. The van der Waals surface area contributed by atoms with Crippen LogP contribution in [0.25, 0.3) is 10.9 Å². The van der Waals surface area contributed by atoms with Gasteiger partial charge in [0.1, 0.15) is 0 Å². The van der Waals surface area contributed by atoms with Crippen LogP contribution in [0.2, 0.25) is 0 Å². The lowest BCUT2D eigenvalue weighted by Crippen LogP contribution is -2.14. The highest BCUT2D eigenvalue weighted by Crippen LogP contribution is 2.38. The Hall–Kier alpha value is -2.59. The van der Waals surface area contributed by atoms with Gasteiger partial charge in [-0.2, -0.15) is 0 Å². The fourth-order valence-corrected chi connectivity index (χ4v) is 4.63. The maximum atomic E-state index is 12.7. The molecule has 0 aliphatic heterocycles. The molecule has 1 aromatic heterocycles. The monoisotopic (exact) mass is 376 g/mol. The Morgan fingerprint density at radius 3 is 2.86 bits per heavy atom. The van der Waals surface area contributed by atoms with Gasteiger partial charge in [-0.3, -0.25) is 0 Å². The molecule has 4 rings (SSSR count). The van der Waals surface area contributed by atoms with E-state index in [9.17, 15) is 4.79 Å². The molecule has 28 heavy (non-hydrogen) atoms. The number of hydrogen-bond donors (Lipinski definition) is 1. The number of nitrogens with one attached hydrogen (secondary N) is 1. The molecule has 4 heteroatoms. The van der Waals surface area contributed by atoms with E-state index in [1.54, 1.807) is 0 Å². The Bertz CT molecular complexity index is 1020. The van der Waals surface area contributed by atoms with E-state index in [-0.39, 0.29) is 5.97 Å². The molecule has 1 atom stereocenters. The second-order valence-electron chi connectivity index (χ2n) is 7.55. The first-order valence-electron chi connectivity index (χ1n) is 10.2. The van der Waals surface area contributed by atoms with Gasteiger partial charge in [0.25, 0.3) is 0 Å². The van der Waals surface area contributed by atoms with Crippen molar-refractivity contribution in [1.29, 1.82) is 0 Å². The van der Waals surface area contributed by atoms with E-state index in [0.29, 0.717) is 24.6 Å². The van der Waals surface area contributed by atoms with Crippen LogP contribution in [0.4, 0.5) is 0 Å². The van der Waals surface area contributed by atoms with Gasteiger partial charge >= 0.3 is 5.97 Å². The number of nitrogens with zero attached hydrogens (tertiary/aromatic N) is 1. The van der Waals surface area contributed by atoms with E-state index in [0.717, 1.165) is 16.6 Å². The Morgan fingerprint density at radius 2 is 2.07 bits per heavy atom. The summed E-state index contributed by atoms with van der Waals surface area (Å²) in [6.45, 7) is 2.85. The molecule has 1 aliphatic carbocycles. The average molecular weight is 377 g/mol. The summed E-state index contributed by atoms with van der Waals surface area (Å²) >= 11 is 0. The summed E-state index contributed by atoms with van der Waals surface area (Å²) in [6.07, 6.45) is 3.55. The van der Waals surface area contributed by atoms with Gasteiger partial charge in [-0.1, -0.05) is 36.4 Å². The summed E-state index contributed by atoms with van der Waals surface area (Å²) in [5.41, 5.74) is 6.99. The van der Waals surface area contributed by atoms with Crippen LogP contribution in [-0.2, 0) is 24.8 Å². The smallest absolute Gasteiger partial charge is 0.340 e. The lowest BCUT2D eigenvalue weighted by molar-refractivity contribution is 0.0527. The fourth-order valence-electron chi connectivity index (χ4n) is 4.63. The second-order valence-corrected chi connectivity index (χ2v) is 7.55. The van der Waals surface area contributed by atoms with Crippen molar-refractivity contribution in [2.75, 3.05) is 13.7 Å². The minimum atomic E-state index is -0.242. The van der Waals surface area contributed by atoms with Gasteiger partial charge in [-0.05, 0) is 56.0 Å². The van der Waals surface area contributed by atoms with Gasteiger partial charge in [0.05, 0.1) is 12.2 Å². The number of carbonyl (C=O) groups excluding carboxylic acids is 1. The highest BCUT2D eigenvalue weighted by Gasteiger charge is 2.25. The topological polar surface area (TPSA) is 43.3 Å². The predicted molar refractivity (Wildman–Crippen MR) is 113 cm³/mol. The first-order chi connectivity index (χ1) is 13.7. The van der Waals surface area contributed by atoms with Crippen molar-refractivity contribution in [3.8, 4) is 0 Å². The Kier molecular flexibility index (Phi) is 5.23. The van der Waals surface area contributed by atoms with Gasteiger partial charge < -0.3 is 14.6 Å². The third-order valence-electron chi connectivity index (χ3n) is 5.94. The number of esters is 1. The van der Waals surface area contributed by atoms with Crippen molar-refractivity contribution < 1.29 is 9.53 Å². The molecule has 0 bridgehead atoms. The highest BCUT2D eigenvalue weighted by molar-refractivity contribution is 6.06. The summed E-state index contributed by atoms with van der Waals surface area (Å²) in [4.78, 5) is 12.7. The molecule has 0 fully saturated rings. The highest BCUT2D eigenvalue weighted by atomic mass is 16.5. The zero-order valence-electron chi connectivity index (χ0n) is 16.9. The molecule has 0 saturated carbocycles. The van der Waals surface area contributed by atoms with Crippen LogP contribution in [0, 0.1) is 0 Å². The maximum Gasteiger partial charge on any atom is 0.340 e. The summed E-state index contributed by atoms with van der Waals surface area (Å²) in [5.74, 6) is 0.178. The van der Waals surface area contributed by atoms with E-state index in [1.165, 1.54) is 36.0 Å². The van der Waals surface area contributed by atoms with Gasteiger partial charge in [0, 0.05) is 36.1 Å². The normalized spacial score (nSPS) is 16.2. The first kappa shape index (κ1) is 18.8. The van der Waals surface area contributed by atoms with Crippen LogP contribution < -0.4 is 5.32 Å². The van der Waals surface area contributed by atoms with Crippen molar-refractivity contribution in [1.82, 2.24) is 9.88 Å². The molecule has 0 radical (unpaired) electrons. The molecular formula is C24H28N2O2. The van der Waals surface area contributed by atoms with Gasteiger partial charge in [0.15, 0.2) is 0 Å². The zero-order valence-corrected chi connectivity index (χ0v) is 16.9. The van der Waals surface area contributed by atoms with E-state index in [2.05, 4.69) is 52.3 Å². The number of hydrogen-bond acceptors (Lipinski definition) is 3. The largest absolute Gasteiger partial charge is 0.462 e. The summed E-state index contributed by atoms with van der Waals surface area (Å²) in [6, 6.07) is 15.4.